The number of phenols is 1. The van der Waals surface area contributed by atoms with Crippen molar-refractivity contribution in [2.24, 2.45) is 17.4 Å². The van der Waals surface area contributed by atoms with Gasteiger partial charge < -0.3 is 42.7 Å². The van der Waals surface area contributed by atoms with Crippen LogP contribution in [0.25, 0.3) is 0 Å². The summed E-state index contributed by atoms with van der Waals surface area (Å²) in [6.07, 6.45) is -1.46. The first-order valence-electron chi connectivity index (χ1n) is 10.9. The van der Waals surface area contributed by atoms with E-state index in [2.05, 4.69) is 16.0 Å². The summed E-state index contributed by atoms with van der Waals surface area (Å²) in [7, 11) is 0. The standard InChI is InChI=1S/C22H31N5O9/c1-10(2)18(21(34)26-15(22(35)36)9-16(24)29)27-20(33)14(7-11-3-5-12(28)6-4-11)25-19(32)13(23)8-17(30)31/h3-6,10,13-15,18,28H,7-9,23H2,1-2H3,(H2,24,29)(H,25,32)(H,26,34)(H,27,33)(H,30,31)(H,35,36). The molecule has 0 aliphatic carbocycles. The van der Waals surface area contributed by atoms with Crippen molar-refractivity contribution >= 4 is 35.6 Å². The summed E-state index contributed by atoms with van der Waals surface area (Å²) in [6.45, 7) is 3.15. The van der Waals surface area contributed by atoms with Gasteiger partial charge in [0.15, 0.2) is 0 Å². The lowest BCUT2D eigenvalue weighted by atomic mass is 10.00. The molecule has 0 aliphatic heterocycles. The Bertz CT molecular complexity index is 981. The van der Waals surface area contributed by atoms with E-state index in [9.17, 15) is 39.0 Å². The first-order chi connectivity index (χ1) is 16.7. The molecule has 4 amide bonds. The van der Waals surface area contributed by atoms with Crippen molar-refractivity contribution in [1.82, 2.24) is 16.0 Å². The number of nitrogens with one attached hydrogen (secondary N) is 3. The zero-order chi connectivity index (χ0) is 27.6. The maximum Gasteiger partial charge on any atom is 0.326 e. The molecule has 36 heavy (non-hydrogen) atoms. The van der Waals surface area contributed by atoms with Gasteiger partial charge >= 0.3 is 11.9 Å². The molecule has 4 atom stereocenters. The minimum atomic E-state index is -1.62. The zero-order valence-corrected chi connectivity index (χ0v) is 19.8. The minimum Gasteiger partial charge on any atom is -0.508 e. The van der Waals surface area contributed by atoms with Gasteiger partial charge in [0.2, 0.25) is 23.6 Å². The van der Waals surface area contributed by atoms with Crippen LogP contribution in [0.5, 0.6) is 5.75 Å². The summed E-state index contributed by atoms with van der Waals surface area (Å²) < 4.78 is 0. The smallest absolute Gasteiger partial charge is 0.326 e. The Labute approximate surface area is 206 Å². The number of hydrogen-bond donors (Lipinski definition) is 8. The van der Waals surface area contributed by atoms with Crippen molar-refractivity contribution in [1.29, 1.82) is 0 Å². The summed E-state index contributed by atoms with van der Waals surface area (Å²) in [5.41, 5.74) is 11.1. The molecule has 1 aromatic rings. The van der Waals surface area contributed by atoms with Crippen LogP contribution in [0.15, 0.2) is 24.3 Å². The van der Waals surface area contributed by atoms with Crippen molar-refractivity contribution in [2.45, 2.75) is 57.3 Å². The number of carbonyl (C=O) groups excluding carboxylic acids is 4. The third kappa shape index (κ3) is 9.97. The van der Waals surface area contributed by atoms with E-state index >= 15 is 0 Å². The number of rotatable bonds is 14. The average molecular weight is 510 g/mol. The molecule has 1 aromatic carbocycles. The van der Waals surface area contributed by atoms with Gasteiger partial charge in [0, 0.05) is 6.42 Å². The highest BCUT2D eigenvalue weighted by Crippen LogP contribution is 2.12. The van der Waals surface area contributed by atoms with Crippen molar-refractivity contribution in [3.05, 3.63) is 29.8 Å². The molecule has 0 spiro atoms. The Balaban J connectivity index is 3.12. The molecule has 10 N–H and O–H groups in total. The molecule has 0 aliphatic rings. The van der Waals surface area contributed by atoms with Crippen LogP contribution in [0, 0.1) is 5.92 Å². The molecule has 1 rings (SSSR count). The van der Waals surface area contributed by atoms with Gasteiger partial charge in [-0.2, -0.15) is 0 Å². The van der Waals surface area contributed by atoms with Gasteiger partial charge in [0.1, 0.15) is 23.9 Å². The third-order valence-corrected chi connectivity index (χ3v) is 5.01. The second kappa shape index (κ2) is 13.6. The van der Waals surface area contributed by atoms with E-state index in [1.165, 1.54) is 24.3 Å². The molecule has 0 saturated heterocycles. The number of carboxylic acids is 2. The summed E-state index contributed by atoms with van der Waals surface area (Å²) in [5.74, 6) is -7.02. The Hall–Kier alpha value is -4.20. The Morgan fingerprint density at radius 3 is 1.86 bits per heavy atom. The molecule has 14 heteroatoms. The van der Waals surface area contributed by atoms with Gasteiger partial charge in [0.25, 0.3) is 0 Å². The number of hydrogen-bond acceptors (Lipinski definition) is 8. The van der Waals surface area contributed by atoms with Crippen molar-refractivity contribution < 1.29 is 44.1 Å². The number of benzene rings is 1. The van der Waals surface area contributed by atoms with E-state index in [1.54, 1.807) is 13.8 Å². The number of amides is 4. The SMILES string of the molecule is CC(C)C(NC(=O)C(Cc1ccc(O)cc1)NC(=O)C(N)CC(=O)O)C(=O)NC(CC(N)=O)C(=O)O. The van der Waals surface area contributed by atoms with Crippen LogP contribution >= 0.6 is 0 Å². The van der Waals surface area contributed by atoms with E-state index in [-0.39, 0.29) is 12.2 Å². The number of phenolic OH excluding ortho intramolecular Hbond substituents is 1. The monoisotopic (exact) mass is 509 g/mol. The molecule has 0 heterocycles. The molecule has 0 bridgehead atoms. The first kappa shape index (κ1) is 29.8. The molecular formula is C22H31N5O9. The van der Waals surface area contributed by atoms with E-state index in [4.69, 9.17) is 16.6 Å². The molecule has 198 valence electrons. The Morgan fingerprint density at radius 2 is 1.39 bits per heavy atom. The van der Waals surface area contributed by atoms with Crippen LogP contribution in [0.1, 0.15) is 32.3 Å². The lowest BCUT2D eigenvalue weighted by Gasteiger charge is -2.27. The number of carboxylic acid groups (broad SMARTS) is 2. The predicted octanol–water partition coefficient (Wildman–Crippen LogP) is -2.19. The summed E-state index contributed by atoms with van der Waals surface area (Å²) in [4.78, 5) is 71.6. The van der Waals surface area contributed by atoms with Gasteiger partial charge in [-0.25, -0.2) is 4.79 Å². The van der Waals surface area contributed by atoms with Gasteiger partial charge in [0.05, 0.1) is 18.9 Å². The van der Waals surface area contributed by atoms with Crippen molar-refractivity contribution in [3.63, 3.8) is 0 Å². The highest BCUT2D eigenvalue weighted by molar-refractivity contribution is 5.95. The Kier molecular flexibility index (Phi) is 11.3. The number of aromatic hydroxyl groups is 1. The lowest BCUT2D eigenvalue weighted by molar-refractivity contribution is -0.144. The summed E-state index contributed by atoms with van der Waals surface area (Å²) in [6, 6.07) is 0.0618. The number of carbonyl (C=O) groups is 6. The highest BCUT2D eigenvalue weighted by atomic mass is 16.4. The highest BCUT2D eigenvalue weighted by Gasteiger charge is 2.32. The normalized spacial score (nSPS) is 14.1. The average Bonchev–Trinajstić information content (AvgIpc) is 2.76. The van der Waals surface area contributed by atoms with Crippen LogP contribution < -0.4 is 27.4 Å². The lowest BCUT2D eigenvalue weighted by Crippen LogP contribution is -2.59. The van der Waals surface area contributed by atoms with Crippen molar-refractivity contribution in [2.75, 3.05) is 0 Å². The largest absolute Gasteiger partial charge is 0.508 e. The molecule has 0 fully saturated rings. The van der Waals surface area contributed by atoms with Crippen LogP contribution in [-0.4, -0.2) is 75.1 Å². The summed E-state index contributed by atoms with van der Waals surface area (Å²) >= 11 is 0. The fourth-order valence-electron chi connectivity index (χ4n) is 3.09. The number of nitrogens with two attached hydrogens (primary N) is 2. The topological polar surface area (TPSA) is 251 Å². The second-order valence-electron chi connectivity index (χ2n) is 8.44. The first-order valence-corrected chi connectivity index (χ1v) is 10.9. The van der Waals surface area contributed by atoms with Crippen molar-refractivity contribution in [3.8, 4) is 5.75 Å². The fourth-order valence-corrected chi connectivity index (χ4v) is 3.09. The summed E-state index contributed by atoms with van der Waals surface area (Å²) in [5, 5.41) is 34.5. The zero-order valence-electron chi connectivity index (χ0n) is 19.8. The number of primary amides is 1. The molecule has 14 nitrogen and oxygen atoms in total. The van der Waals surface area contributed by atoms with Gasteiger partial charge in [-0.05, 0) is 23.6 Å². The Morgan fingerprint density at radius 1 is 0.833 bits per heavy atom. The molecule has 0 aromatic heterocycles. The van der Waals surface area contributed by atoms with Crippen LogP contribution in [0.3, 0.4) is 0 Å². The van der Waals surface area contributed by atoms with E-state index in [0.717, 1.165) is 0 Å². The van der Waals surface area contributed by atoms with E-state index in [1.807, 2.05) is 0 Å². The molecule has 0 radical (unpaired) electrons. The van der Waals surface area contributed by atoms with E-state index in [0.29, 0.717) is 5.56 Å². The van der Waals surface area contributed by atoms with E-state index < -0.39 is 78.5 Å². The minimum absolute atomic E-state index is 0.0345. The molecule has 0 saturated carbocycles. The third-order valence-electron chi connectivity index (χ3n) is 5.01. The van der Waals surface area contributed by atoms with Crippen LogP contribution in [0.4, 0.5) is 0 Å². The van der Waals surface area contributed by atoms with Gasteiger partial charge in [-0.1, -0.05) is 26.0 Å². The maximum absolute atomic E-state index is 13.1. The quantitative estimate of drug-likeness (QED) is 0.134. The predicted molar refractivity (Wildman–Crippen MR) is 124 cm³/mol. The van der Waals surface area contributed by atoms with Crippen LogP contribution in [-0.2, 0) is 35.2 Å². The molecule has 4 unspecified atom stereocenters. The maximum atomic E-state index is 13.1. The number of aliphatic carboxylic acids is 2. The van der Waals surface area contributed by atoms with Gasteiger partial charge in [-0.3, -0.25) is 24.0 Å². The fraction of sp³-hybridized carbons (Fsp3) is 0.455. The molecular weight excluding hydrogens is 478 g/mol. The van der Waals surface area contributed by atoms with Gasteiger partial charge in [-0.15, -0.1) is 0 Å². The van der Waals surface area contributed by atoms with Crippen LogP contribution in [0.2, 0.25) is 0 Å². The second-order valence-corrected chi connectivity index (χ2v) is 8.44.